The molecule has 6 heteroatoms. The van der Waals surface area contributed by atoms with E-state index < -0.39 is 11.9 Å². The first-order chi connectivity index (χ1) is 12.5. The topological polar surface area (TPSA) is 66.8 Å². The number of amides is 1. The molecule has 2 saturated heterocycles. The van der Waals surface area contributed by atoms with E-state index in [1.54, 1.807) is 17.0 Å². The summed E-state index contributed by atoms with van der Waals surface area (Å²) in [6, 6.07) is 7.27. The van der Waals surface area contributed by atoms with Gasteiger partial charge in [-0.1, -0.05) is 23.7 Å². The van der Waals surface area contributed by atoms with Crippen LogP contribution in [0, 0.1) is 11.8 Å². The molecule has 1 N–H and O–H groups in total. The van der Waals surface area contributed by atoms with Gasteiger partial charge in [0.2, 0.25) is 5.91 Å². The summed E-state index contributed by atoms with van der Waals surface area (Å²) in [6.07, 6.45) is 4.57. The van der Waals surface area contributed by atoms with Crippen molar-refractivity contribution in [2.45, 2.75) is 38.0 Å². The molecular weight excluding hydrogens is 354 g/mol. The summed E-state index contributed by atoms with van der Waals surface area (Å²) in [5, 5.41) is 10.2. The highest BCUT2D eigenvalue weighted by Gasteiger charge is 2.40. The Labute approximate surface area is 159 Å². The molecular formula is C20H26ClNO4. The van der Waals surface area contributed by atoms with E-state index in [-0.39, 0.29) is 11.8 Å². The van der Waals surface area contributed by atoms with Gasteiger partial charge in [-0.15, -0.1) is 0 Å². The van der Waals surface area contributed by atoms with Crippen LogP contribution in [0.5, 0.6) is 0 Å². The summed E-state index contributed by atoms with van der Waals surface area (Å²) in [4.78, 5) is 26.0. The lowest BCUT2D eigenvalue weighted by Crippen LogP contribution is -2.29. The molecule has 0 aliphatic carbocycles. The molecule has 2 aliphatic heterocycles. The second kappa shape index (κ2) is 8.87. The molecule has 0 spiro atoms. The van der Waals surface area contributed by atoms with E-state index >= 15 is 0 Å². The number of aliphatic carboxylic acids is 1. The van der Waals surface area contributed by atoms with Crippen LogP contribution in [0.15, 0.2) is 24.3 Å². The van der Waals surface area contributed by atoms with Crippen LogP contribution < -0.4 is 0 Å². The largest absolute Gasteiger partial charge is 0.481 e. The predicted octanol–water partition coefficient (Wildman–Crippen LogP) is 3.56. The van der Waals surface area contributed by atoms with Crippen molar-refractivity contribution in [3.05, 3.63) is 34.9 Å². The van der Waals surface area contributed by atoms with Gasteiger partial charge in [0.1, 0.15) is 0 Å². The highest BCUT2D eigenvalue weighted by atomic mass is 35.5. The smallest absolute Gasteiger partial charge is 0.308 e. The third kappa shape index (κ3) is 4.77. The van der Waals surface area contributed by atoms with Gasteiger partial charge in [0.15, 0.2) is 0 Å². The number of carboxylic acids is 1. The molecule has 1 aromatic rings. The van der Waals surface area contributed by atoms with Crippen LogP contribution in [0.2, 0.25) is 5.02 Å². The first-order valence-corrected chi connectivity index (χ1v) is 9.76. The SMILES string of the molecule is O=C(O)[C@@H]1CN(C(=O)CCCC2CCOCC2)C[C@H]1c1ccc(Cl)cc1. The summed E-state index contributed by atoms with van der Waals surface area (Å²) < 4.78 is 5.36. The quantitative estimate of drug-likeness (QED) is 0.820. The number of nitrogens with zero attached hydrogens (tertiary/aromatic N) is 1. The first-order valence-electron chi connectivity index (χ1n) is 9.38. The molecule has 1 aromatic carbocycles. The molecule has 5 nitrogen and oxygen atoms in total. The minimum absolute atomic E-state index is 0.0692. The van der Waals surface area contributed by atoms with Crippen molar-refractivity contribution in [2.75, 3.05) is 26.3 Å². The highest BCUT2D eigenvalue weighted by molar-refractivity contribution is 6.30. The lowest BCUT2D eigenvalue weighted by molar-refractivity contribution is -0.141. The van der Waals surface area contributed by atoms with Crippen LogP contribution in [0.4, 0.5) is 0 Å². The Bertz CT molecular complexity index is 627. The number of hydrogen-bond acceptors (Lipinski definition) is 3. The molecule has 2 heterocycles. The highest BCUT2D eigenvalue weighted by Crippen LogP contribution is 2.34. The number of likely N-dealkylation sites (tertiary alicyclic amines) is 1. The van der Waals surface area contributed by atoms with Crippen LogP contribution in [0.25, 0.3) is 0 Å². The molecule has 0 saturated carbocycles. The molecule has 2 fully saturated rings. The number of carboxylic acid groups (broad SMARTS) is 1. The fraction of sp³-hybridized carbons (Fsp3) is 0.600. The van der Waals surface area contributed by atoms with Gasteiger partial charge in [0, 0.05) is 43.7 Å². The standard InChI is InChI=1S/C20H26ClNO4/c21-16-6-4-15(5-7-16)17-12-22(13-18(17)20(24)25)19(23)3-1-2-14-8-10-26-11-9-14/h4-7,14,17-18H,1-3,8-13H2,(H,24,25)/t17-,18+/m0/s1. The summed E-state index contributed by atoms with van der Waals surface area (Å²) in [6.45, 7) is 2.41. The van der Waals surface area contributed by atoms with Gasteiger partial charge < -0.3 is 14.7 Å². The number of hydrogen-bond donors (Lipinski definition) is 1. The van der Waals surface area contributed by atoms with E-state index in [2.05, 4.69) is 0 Å². The third-order valence-corrected chi connectivity index (χ3v) is 5.88. The van der Waals surface area contributed by atoms with E-state index in [1.807, 2.05) is 12.1 Å². The number of carbonyl (C=O) groups excluding carboxylic acids is 1. The molecule has 0 aromatic heterocycles. The molecule has 0 bridgehead atoms. The van der Waals surface area contributed by atoms with Gasteiger partial charge in [-0.2, -0.15) is 0 Å². The molecule has 2 aliphatic rings. The second-order valence-corrected chi connectivity index (χ2v) is 7.79. The molecule has 0 radical (unpaired) electrons. The van der Waals surface area contributed by atoms with Crippen LogP contribution in [-0.2, 0) is 14.3 Å². The van der Waals surface area contributed by atoms with Crippen LogP contribution in [-0.4, -0.2) is 48.2 Å². The fourth-order valence-electron chi connectivity index (χ4n) is 4.04. The molecule has 2 atom stereocenters. The predicted molar refractivity (Wildman–Crippen MR) is 99.3 cm³/mol. The number of rotatable bonds is 6. The maximum atomic E-state index is 12.6. The summed E-state index contributed by atoms with van der Waals surface area (Å²) >= 11 is 5.93. The summed E-state index contributed by atoms with van der Waals surface area (Å²) in [7, 11) is 0. The van der Waals surface area contributed by atoms with Crippen molar-refractivity contribution in [1.82, 2.24) is 4.90 Å². The van der Waals surface area contributed by atoms with Gasteiger partial charge in [0.25, 0.3) is 0 Å². The fourth-order valence-corrected chi connectivity index (χ4v) is 4.17. The van der Waals surface area contributed by atoms with E-state index in [1.165, 1.54) is 0 Å². The lowest BCUT2D eigenvalue weighted by atomic mass is 9.89. The number of benzene rings is 1. The van der Waals surface area contributed by atoms with E-state index in [9.17, 15) is 14.7 Å². The summed E-state index contributed by atoms with van der Waals surface area (Å²) in [5.74, 6) is -0.856. The Balaban J connectivity index is 1.55. The molecule has 0 unspecified atom stereocenters. The van der Waals surface area contributed by atoms with Crippen LogP contribution in [0.3, 0.4) is 0 Å². The summed E-state index contributed by atoms with van der Waals surface area (Å²) in [5.41, 5.74) is 0.930. The number of ether oxygens (including phenoxy) is 1. The maximum Gasteiger partial charge on any atom is 0.308 e. The van der Waals surface area contributed by atoms with E-state index in [0.29, 0.717) is 30.5 Å². The van der Waals surface area contributed by atoms with Gasteiger partial charge >= 0.3 is 5.97 Å². The van der Waals surface area contributed by atoms with Crippen molar-refractivity contribution in [2.24, 2.45) is 11.8 Å². The van der Waals surface area contributed by atoms with Crippen molar-refractivity contribution in [3.8, 4) is 0 Å². The van der Waals surface area contributed by atoms with Crippen molar-refractivity contribution >= 4 is 23.5 Å². The van der Waals surface area contributed by atoms with E-state index in [0.717, 1.165) is 44.5 Å². The Morgan fingerprint density at radius 2 is 1.85 bits per heavy atom. The van der Waals surface area contributed by atoms with E-state index in [4.69, 9.17) is 16.3 Å². The molecule has 142 valence electrons. The Morgan fingerprint density at radius 3 is 2.50 bits per heavy atom. The zero-order chi connectivity index (χ0) is 18.5. The molecule has 26 heavy (non-hydrogen) atoms. The minimum atomic E-state index is -0.845. The first kappa shape index (κ1) is 19.2. The van der Waals surface area contributed by atoms with Crippen molar-refractivity contribution in [3.63, 3.8) is 0 Å². The zero-order valence-electron chi connectivity index (χ0n) is 14.9. The zero-order valence-corrected chi connectivity index (χ0v) is 15.7. The molecule has 3 rings (SSSR count). The van der Waals surface area contributed by atoms with Gasteiger partial charge in [0.05, 0.1) is 5.92 Å². The normalized spacial score (nSPS) is 24.0. The van der Waals surface area contributed by atoms with Crippen molar-refractivity contribution < 1.29 is 19.4 Å². The third-order valence-electron chi connectivity index (χ3n) is 5.63. The minimum Gasteiger partial charge on any atom is -0.481 e. The average molecular weight is 380 g/mol. The Hall–Kier alpha value is -1.59. The average Bonchev–Trinajstić information content (AvgIpc) is 3.09. The lowest BCUT2D eigenvalue weighted by Gasteiger charge is -2.22. The maximum absolute atomic E-state index is 12.6. The van der Waals surface area contributed by atoms with Gasteiger partial charge in [-0.25, -0.2) is 0 Å². The number of halogens is 1. The Kier molecular flexibility index (Phi) is 6.54. The number of carbonyl (C=O) groups is 2. The van der Waals surface area contributed by atoms with Crippen LogP contribution >= 0.6 is 11.6 Å². The van der Waals surface area contributed by atoms with Gasteiger partial charge in [-0.3, -0.25) is 9.59 Å². The van der Waals surface area contributed by atoms with Crippen LogP contribution in [0.1, 0.15) is 43.6 Å². The Morgan fingerprint density at radius 1 is 1.15 bits per heavy atom. The molecule has 1 amide bonds. The van der Waals surface area contributed by atoms with Gasteiger partial charge in [-0.05, 0) is 49.3 Å². The van der Waals surface area contributed by atoms with Crippen molar-refractivity contribution in [1.29, 1.82) is 0 Å². The monoisotopic (exact) mass is 379 g/mol. The second-order valence-electron chi connectivity index (χ2n) is 7.35.